The zero-order valence-corrected chi connectivity index (χ0v) is 16.0. The highest BCUT2D eigenvalue weighted by molar-refractivity contribution is 5.79. The molecule has 2 aromatic carbocycles. The maximum atomic E-state index is 13.0. The predicted molar refractivity (Wildman–Crippen MR) is 108 cm³/mol. The average Bonchev–Trinajstić information content (AvgIpc) is 2.69. The lowest BCUT2D eigenvalue weighted by molar-refractivity contribution is 0.265. The van der Waals surface area contributed by atoms with Crippen molar-refractivity contribution in [2.75, 3.05) is 40.3 Å². The van der Waals surface area contributed by atoms with Crippen LogP contribution in [-0.4, -0.2) is 56.3 Å². The van der Waals surface area contributed by atoms with Gasteiger partial charge in [0, 0.05) is 39.1 Å². The van der Waals surface area contributed by atoms with Gasteiger partial charge in [0.2, 0.25) is 0 Å². The largest absolute Gasteiger partial charge is 0.396 e. The fraction of sp³-hybridized carbons (Fsp3) is 0.381. The molecule has 0 heterocycles. The summed E-state index contributed by atoms with van der Waals surface area (Å²) in [5.41, 5.74) is 2.18. The monoisotopic (exact) mass is 372 g/mol. The molecule has 6 heteroatoms. The summed E-state index contributed by atoms with van der Waals surface area (Å²) >= 11 is 0. The van der Waals surface area contributed by atoms with Gasteiger partial charge >= 0.3 is 0 Å². The van der Waals surface area contributed by atoms with E-state index in [-0.39, 0.29) is 18.3 Å². The third-order valence-electron chi connectivity index (χ3n) is 4.38. The summed E-state index contributed by atoms with van der Waals surface area (Å²) in [6.45, 7) is 2.99. The van der Waals surface area contributed by atoms with Crippen molar-refractivity contribution in [2.24, 2.45) is 4.99 Å². The van der Waals surface area contributed by atoms with Gasteiger partial charge in [-0.3, -0.25) is 4.99 Å². The highest BCUT2D eigenvalue weighted by Crippen LogP contribution is 2.13. The first-order valence-corrected chi connectivity index (χ1v) is 9.15. The minimum absolute atomic E-state index is 0.0194. The van der Waals surface area contributed by atoms with Crippen molar-refractivity contribution in [2.45, 2.75) is 12.5 Å². The molecule has 0 aliphatic heterocycles. The second-order valence-corrected chi connectivity index (χ2v) is 6.53. The van der Waals surface area contributed by atoms with Gasteiger partial charge < -0.3 is 20.6 Å². The van der Waals surface area contributed by atoms with Crippen molar-refractivity contribution in [3.05, 3.63) is 71.5 Å². The maximum absolute atomic E-state index is 13.0. The van der Waals surface area contributed by atoms with E-state index in [1.807, 2.05) is 37.4 Å². The minimum atomic E-state index is -0.213. The van der Waals surface area contributed by atoms with Gasteiger partial charge in [-0.1, -0.05) is 42.5 Å². The number of likely N-dealkylation sites (N-methyl/N-ethyl adjacent to an activating group) is 1. The van der Waals surface area contributed by atoms with Crippen LogP contribution in [-0.2, 0) is 6.54 Å². The van der Waals surface area contributed by atoms with Crippen LogP contribution in [0.4, 0.5) is 4.39 Å². The van der Waals surface area contributed by atoms with Gasteiger partial charge in [-0.15, -0.1) is 0 Å². The fourth-order valence-electron chi connectivity index (χ4n) is 2.80. The smallest absolute Gasteiger partial charge is 0.191 e. The average molecular weight is 372 g/mol. The molecule has 0 amide bonds. The summed E-state index contributed by atoms with van der Waals surface area (Å²) in [7, 11) is 3.76. The van der Waals surface area contributed by atoms with Crippen LogP contribution in [0, 0.1) is 5.82 Å². The maximum Gasteiger partial charge on any atom is 0.191 e. The van der Waals surface area contributed by atoms with E-state index in [2.05, 4.69) is 20.5 Å². The molecule has 146 valence electrons. The van der Waals surface area contributed by atoms with E-state index in [9.17, 15) is 9.50 Å². The molecule has 1 atom stereocenters. The molecule has 0 aromatic heterocycles. The Morgan fingerprint density at radius 1 is 1.11 bits per heavy atom. The van der Waals surface area contributed by atoms with E-state index in [1.54, 1.807) is 19.2 Å². The summed E-state index contributed by atoms with van der Waals surface area (Å²) < 4.78 is 13.0. The molecule has 0 radical (unpaired) electrons. The Labute approximate surface area is 160 Å². The predicted octanol–water partition coefficient (Wildman–Crippen LogP) is 2.20. The number of halogens is 1. The zero-order valence-electron chi connectivity index (χ0n) is 16.0. The van der Waals surface area contributed by atoms with Crippen molar-refractivity contribution >= 4 is 5.96 Å². The Bertz CT molecular complexity index is 691. The molecular weight excluding hydrogens is 343 g/mol. The van der Waals surface area contributed by atoms with E-state index < -0.39 is 0 Å². The van der Waals surface area contributed by atoms with Crippen LogP contribution in [0.3, 0.4) is 0 Å². The van der Waals surface area contributed by atoms with Crippen LogP contribution in [0.25, 0.3) is 0 Å². The molecule has 0 saturated heterocycles. The lowest BCUT2D eigenvalue weighted by atomic mass is 10.0. The second-order valence-electron chi connectivity index (χ2n) is 6.53. The molecule has 1 unspecified atom stereocenters. The quantitative estimate of drug-likeness (QED) is 0.467. The summed E-state index contributed by atoms with van der Waals surface area (Å²) in [5.74, 6) is 0.514. The first kappa shape index (κ1) is 20.9. The van der Waals surface area contributed by atoms with Gasteiger partial charge in [0.05, 0.1) is 6.61 Å². The van der Waals surface area contributed by atoms with E-state index >= 15 is 0 Å². The Hall–Kier alpha value is -2.44. The summed E-state index contributed by atoms with van der Waals surface area (Å²) in [6.07, 6.45) is 0. The molecule has 0 saturated carbocycles. The van der Waals surface area contributed by atoms with Crippen LogP contribution < -0.4 is 10.6 Å². The van der Waals surface area contributed by atoms with Crippen LogP contribution >= 0.6 is 0 Å². The number of aliphatic imine (C=N–C) groups is 1. The number of aliphatic hydroxyl groups is 1. The number of nitrogens with one attached hydrogen (secondary N) is 2. The molecule has 0 bridgehead atoms. The molecule has 27 heavy (non-hydrogen) atoms. The summed E-state index contributed by atoms with van der Waals surface area (Å²) in [6, 6.07) is 16.5. The van der Waals surface area contributed by atoms with E-state index in [1.165, 1.54) is 12.1 Å². The number of benzene rings is 2. The number of guanidine groups is 1. The first-order chi connectivity index (χ1) is 13.1. The number of nitrogens with zero attached hydrogens (tertiary/aromatic N) is 2. The number of hydrogen-bond donors (Lipinski definition) is 3. The van der Waals surface area contributed by atoms with Crippen molar-refractivity contribution in [1.29, 1.82) is 0 Å². The molecule has 0 spiro atoms. The van der Waals surface area contributed by atoms with E-state index in [0.29, 0.717) is 12.5 Å². The topological polar surface area (TPSA) is 59.9 Å². The van der Waals surface area contributed by atoms with Crippen molar-refractivity contribution in [1.82, 2.24) is 15.5 Å². The van der Waals surface area contributed by atoms with Gasteiger partial charge in [0.15, 0.2) is 5.96 Å². The lowest BCUT2D eigenvalue weighted by Gasteiger charge is -2.20. The second kappa shape index (κ2) is 11.3. The van der Waals surface area contributed by atoms with Crippen molar-refractivity contribution in [3.63, 3.8) is 0 Å². The summed E-state index contributed by atoms with van der Waals surface area (Å²) in [4.78, 5) is 6.39. The number of aliphatic hydroxyl groups excluding tert-OH is 1. The van der Waals surface area contributed by atoms with E-state index in [4.69, 9.17) is 0 Å². The Morgan fingerprint density at radius 3 is 2.44 bits per heavy atom. The standard InChI is InChI=1S/C21H29FN4O/c1-23-21(25-14-19(16-27)18-6-4-3-5-7-18)24-12-13-26(2)15-17-8-10-20(22)11-9-17/h3-11,19,27H,12-16H2,1-2H3,(H2,23,24,25). The molecule has 3 N–H and O–H groups in total. The molecule has 2 rings (SSSR count). The van der Waals surface area contributed by atoms with Crippen molar-refractivity contribution in [3.8, 4) is 0 Å². The molecule has 0 aliphatic rings. The molecule has 0 aliphatic carbocycles. The third-order valence-corrected chi connectivity index (χ3v) is 4.38. The van der Waals surface area contributed by atoms with Gasteiger partial charge in [-0.05, 0) is 30.3 Å². The van der Waals surface area contributed by atoms with E-state index in [0.717, 1.165) is 30.8 Å². The van der Waals surface area contributed by atoms with Gasteiger partial charge in [-0.25, -0.2) is 4.39 Å². The highest BCUT2D eigenvalue weighted by atomic mass is 19.1. The third kappa shape index (κ3) is 7.37. The van der Waals surface area contributed by atoms with Crippen LogP contribution in [0.5, 0.6) is 0 Å². The Balaban J connectivity index is 1.72. The Morgan fingerprint density at radius 2 is 1.81 bits per heavy atom. The number of rotatable bonds is 9. The molecular formula is C21H29FN4O. The normalized spacial score (nSPS) is 12.9. The van der Waals surface area contributed by atoms with Gasteiger partial charge in [0.1, 0.15) is 5.82 Å². The molecule has 0 fully saturated rings. The SMILES string of the molecule is CN=C(NCCN(C)Cc1ccc(F)cc1)NCC(CO)c1ccccc1. The van der Waals surface area contributed by atoms with Crippen LogP contribution in [0.15, 0.2) is 59.6 Å². The molecule has 5 nitrogen and oxygen atoms in total. The van der Waals surface area contributed by atoms with Crippen LogP contribution in [0.2, 0.25) is 0 Å². The van der Waals surface area contributed by atoms with Gasteiger partial charge in [-0.2, -0.15) is 0 Å². The molecule has 2 aromatic rings. The summed E-state index contributed by atoms with van der Waals surface area (Å²) in [5, 5.41) is 16.2. The Kier molecular flexibility index (Phi) is 8.74. The fourth-order valence-corrected chi connectivity index (χ4v) is 2.80. The van der Waals surface area contributed by atoms with Crippen LogP contribution in [0.1, 0.15) is 17.0 Å². The number of hydrogen-bond acceptors (Lipinski definition) is 3. The highest BCUT2D eigenvalue weighted by Gasteiger charge is 2.10. The lowest BCUT2D eigenvalue weighted by Crippen LogP contribution is -2.42. The minimum Gasteiger partial charge on any atom is -0.396 e. The van der Waals surface area contributed by atoms with Gasteiger partial charge in [0.25, 0.3) is 0 Å². The zero-order chi connectivity index (χ0) is 19.5. The first-order valence-electron chi connectivity index (χ1n) is 9.15. The van der Waals surface area contributed by atoms with Crippen molar-refractivity contribution < 1.29 is 9.50 Å².